The second kappa shape index (κ2) is 10.5. The molecule has 0 bridgehead atoms. The van der Waals surface area contributed by atoms with E-state index >= 15 is 0 Å². The summed E-state index contributed by atoms with van der Waals surface area (Å²) in [6, 6.07) is 22.1. The Morgan fingerprint density at radius 3 is 2.36 bits per heavy atom. The highest BCUT2D eigenvalue weighted by Crippen LogP contribution is 2.20. The van der Waals surface area contributed by atoms with Gasteiger partial charge in [-0.3, -0.25) is 14.5 Å². The van der Waals surface area contributed by atoms with Crippen molar-refractivity contribution >= 4 is 23.4 Å². The average Bonchev–Trinajstić information content (AvgIpc) is 2.83. The third kappa shape index (κ3) is 5.92. The van der Waals surface area contributed by atoms with E-state index in [0.717, 1.165) is 30.2 Å². The molecule has 6 nitrogen and oxygen atoms in total. The summed E-state index contributed by atoms with van der Waals surface area (Å²) in [6.45, 7) is 4.02. The number of rotatable bonds is 7. The van der Waals surface area contributed by atoms with Crippen molar-refractivity contribution in [3.05, 3.63) is 100 Å². The zero-order valence-electron chi connectivity index (χ0n) is 18.2. The number of hydrogen-bond acceptors (Lipinski definition) is 4. The molecule has 0 atom stereocenters. The molecule has 0 saturated carbocycles. The number of primary amides is 1. The smallest absolute Gasteiger partial charge is 0.253 e. The van der Waals surface area contributed by atoms with E-state index in [4.69, 9.17) is 22.1 Å². The summed E-state index contributed by atoms with van der Waals surface area (Å²) in [5.41, 5.74) is 8.39. The van der Waals surface area contributed by atoms with Crippen molar-refractivity contribution in [2.24, 2.45) is 5.73 Å². The van der Waals surface area contributed by atoms with Gasteiger partial charge in [-0.2, -0.15) is 0 Å². The van der Waals surface area contributed by atoms with Crippen molar-refractivity contribution in [3.63, 3.8) is 0 Å². The number of ether oxygens (including phenoxy) is 1. The number of carbonyl (C=O) groups is 2. The molecule has 0 spiro atoms. The SMILES string of the molecule is NC(=O)c1ccccc1OCc1cccc(C(=O)N2CCN(Cc3cccc(Cl)c3)CC2)c1. The van der Waals surface area contributed by atoms with Gasteiger partial charge in [-0.15, -0.1) is 0 Å². The van der Waals surface area contributed by atoms with E-state index in [1.807, 2.05) is 47.4 Å². The number of nitrogens with two attached hydrogens (primary N) is 1. The molecule has 2 N–H and O–H groups in total. The third-order valence-electron chi connectivity index (χ3n) is 5.68. The molecule has 33 heavy (non-hydrogen) atoms. The summed E-state index contributed by atoms with van der Waals surface area (Å²) in [5, 5.41) is 0.739. The lowest BCUT2D eigenvalue weighted by Crippen LogP contribution is -2.48. The van der Waals surface area contributed by atoms with Crippen molar-refractivity contribution in [2.75, 3.05) is 26.2 Å². The summed E-state index contributed by atoms with van der Waals surface area (Å²) >= 11 is 6.09. The number of benzene rings is 3. The topological polar surface area (TPSA) is 75.9 Å². The third-order valence-corrected chi connectivity index (χ3v) is 5.91. The largest absolute Gasteiger partial charge is 0.488 e. The van der Waals surface area contributed by atoms with Gasteiger partial charge in [0.2, 0.25) is 0 Å². The second-order valence-corrected chi connectivity index (χ2v) is 8.48. The minimum Gasteiger partial charge on any atom is -0.488 e. The maximum absolute atomic E-state index is 13.1. The predicted molar refractivity (Wildman–Crippen MR) is 128 cm³/mol. The van der Waals surface area contributed by atoms with Gasteiger partial charge in [0.05, 0.1) is 5.56 Å². The number of carbonyl (C=O) groups excluding carboxylic acids is 2. The minimum absolute atomic E-state index is 0.0109. The van der Waals surface area contributed by atoms with Crippen LogP contribution in [0.4, 0.5) is 0 Å². The molecule has 0 unspecified atom stereocenters. The van der Waals surface area contributed by atoms with Gasteiger partial charge in [-0.25, -0.2) is 0 Å². The van der Waals surface area contributed by atoms with Gasteiger partial charge in [-0.1, -0.05) is 48.0 Å². The lowest BCUT2D eigenvalue weighted by Gasteiger charge is -2.35. The molecule has 7 heteroatoms. The first-order valence-electron chi connectivity index (χ1n) is 10.9. The highest BCUT2D eigenvalue weighted by Gasteiger charge is 2.22. The molecule has 4 rings (SSSR count). The fourth-order valence-corrected chi connectivity index (χ4v) is 4.15. The van der Waals surface area contributed by atoms with Crippen LogP contribution in [0.5, 0.6) is 5.75 Å². The second-order valence-electron chi connectivity index (χ2n) is 8.05. The molecule has 0 aliphatic carbocycles. The summed E-state index contributed by atoms with van der Waals surface area (Å²) in [7, 11) is 0. The Balaban J connectivity index is 1.34. The van der Waals surface area contributed by atoms with Gasteiger partial charge in [-0.05, 0) is 47.5 Å². The molecule has 0 radical (unpaired) electrons. The molecule has 3 aromatic carbocycles. The van der Waals surface area contributed by atoms with Gasteiger partial charge >= 0.3 is 0 Å². The van der Waals surface area contributed by atoms with E-state index in [1.54, 1.807) is 24.3 Å². The first-order valence-corrected chi connectivity index (χ1v) is 11.2. The highest BCUT2D eigenvalue weighted by atomic mass is 35.5. The molecule has 0 aromatic heterocycles. The molecule has 1 aliphatic rings. The van der Waals surface area contributed by atoms with Crippen LogP contribution in [-0.2, 0) is 13.2 Å². The number of amides is 2. The molecular formula is C26H26ClN3O3. The predicted octanol–water partition coefficient (Wildman–Crippen LogP) is 3.98. The van der Waals surface area contributed by atoms with Crippen LogP contribution >= 0.6 is 11.6 Å². The van der Waals surface area contributed by atoms with Crippen LogP contribution < -0.4 is 10.5 Å². The van der Waals surface area contributed by atoms with E-state index in [-0.39, 0.29) is 12.5 Å². The van der Waals surface area contributed by atoms with Crippen molar-refractivity contribution in [2.45, 2.75) is 13.2 Å². The van der Waals surface area contributed by atoms with Gasteiger partial charge < -0.3 is 15.4 Å². The fraction of sp³-hybridized carbons (Fsp3) is 0.231. The van der Waals surface area contributed by atoms with Crippen LogP contribution in [0.2, 0.25) is 5.02 Å². The zero-order valence-corrected chi connectivity index (χ0v) is 19.0. The molecule has 1 aliphatic heterocycles. The van der Waals surface area contributed by atoms with Crippen LogP contribution in [0.25, 0.3) is 0 Å². The van der Waals surface area contributed by atoms with Crippen LogP contribution in [0.15, 0.2) is 72.8 Å². The lowest BCUT2D eigenvalue weighted by molar-refractivity contribution is 0.0628. The highest BCUT2D eigenvalue weighted by molar-refractivity contribution is 6.30. The van der Waals surface area contributed by atoms with Crippen molar-refractivity contribution < 1.29 is 14.3 Å². The van der Waals surface area contributed by atoms with Gasteiger partial charge in [0, 0.05) is 43.3 Å². The average molecular weight is 464 g/mol. The lowest BCUT2D eigenvalue weighted by atomic mass is 10.1. The van der Waals surface area contributed by atoms with E-state index < -0.39 is 5.91 Å². The first-order chi connectivity index (χ1) is 16.0. The summed E-state index contributed by atoms with van der Waals surface area (Å²) < 4.78 is 5.80. The number of para-hydroxylation sites is 1. The van der Waals surface area contributed by atoms with E-state index in [9.17, 15) is 9.59 Å². The van der Waals surface area contributed by atoms with Crippen LogP contribution in [0.3, 0.4) is 0 Å². The zero-order chi connectivity index (χ0) is 23.2. The van der Waals surface area contributed by atoms with E-state index in [0.29, 0.717) is 30.0 Å². The van der Waals surface area contributed by atoms with Crippen LogP contribution in [0.1, 0.15) is 31.8 Å². The Morgan fingerprint density at radius 2 is 1.61 bits per heavy atom. The van der Waals surface area contributed by atoms with Crippen LogP contribution in [0, 0.1) is 0 Å². The van der Waals surface area contributed by atoms with E-state index in [1.165, 1.54) is 5.56 Å². The molecule has 1 heterocycles. The maximum atomic E-state index is 13.1. The van der Waals surface area contributed by atoms with Crippen molar-refractivity contribution in [1.82, 2.24) is 9.80 Å². The van der Waals surface area contributed by atoms with Gasteiger partial charge in [0.1, 0.15) is 12.4 Å². The van der Waals surface area contributed by atoms with Crippen molar-refractivity contribution in [3.8, 4) is 5.75 Å². The monoisotopic (exact) mass is 463 g/mol. The standard InChI is InChI=1S/C26H26ClN3O3/c27-22-8-4-5-19(16-22)17-29-11-13-30(14-12-29)26(32)21-7-3-6-20(15-21)18-33-24-10-2-1-9-23(24)25(28)31/h1-10,15-16H,11-14,17-18H2,(H2,28,31). The molecule has 170 valence electrons. The fourth-order valence-electron chi connectivity index (χ4n) is 3.94. The van der Waals surface area contributed by atoms with Crippen molar-refractivity contribution in [1.29, 1.82) is 0 Å². The normalized spacial score (nSPS) is 14.2. The maximum Gasteiger partial charge on any atom is 0.253 e. The quantitative estimate of drug-likeness (QED) is 0.575. The Kier molecular flexibility index (Phi) is 7.27. The molecule has 1 saturated heterocycles. The number of hydrogen-bond donors (Lipinski definition) is 1. The molecule has 1 fully saturated rings. The van der Waals surface area contributed by atoms with Gasteiger partial charge in [0.25, 0.3) is 11.8 Å². The van der Waals surface area contributed by atoms with E-state index in [2.05, 4.69) is 11.0 Å². The Bertz CT molecular complexity index is 1140. The molecule has 2 amide bonds. The Hall–Kier alpha value is -3.35. The number of piperazine rings is 1. The molecule has 3 aromatic rings. The molecular weight excluding hydrogens is 438 g/mol. The number of halogens is 1. The Labute approximate surface area is 198 Å². The Morgan fingerprint density at radius 1 is 0.879 bits per heavy atom. The summed E-state index contributed by atoms with van der Waals surface area (Å²) in [6.07, 6.45) is 0. The number of nitrogens with zero attached hydrogens (tertiary/aromatic N) is 2. The minimum atomic E-state index is -0.538. The summed E-state index contributed by atoms with van der Waals surface area (Å²) in [5.74, 6) is -0.0987. The summed E-state index contributed by atoms with van der Waals surface area (Å²) in [4.78, 5) is 28.9. The van der Waals surface area contributed by atoms with Gasteiger partial charge in [0.15, 0.2) is 0 Å². The first kappa shape index (κ1) is 22.8. The van der Waals surface area contributed by atoms with Crippen LogP contribution in [-0.4, -0.2) is 47.8 Å².